The zero-order chi connectivity index (χ0) is 16.5. The van der Waals surface area contributed by atoms with E-state index in [1.54, 1.807) is 21.3 Å². The largest absolute Gasteiger partial charge is 0.748 e. The number of hydrogen-bond donors (Lipinski definition) is 0. The molecule has 0 N–H and O–H groups in total. The maximum Gasteiger partial charge on any atom is 0.509 e. The highest BCUT2D eigenvalue weighted by atomic mass is 32.2. The number of pyridine rings is 1. The lowest BCUT2D eigenvalue weighted by Gasteiger charge is -2.28. The van der Waals surface area contributed by atoms with Gasteiger partial charge in [0.2, 0.25) is 0 Å². The topological polar surface area (TPSA) is 88.8 Å². The molecule has 0 bridgehead atoms. The molecule has 0 saturated heterocycles. The van der Waals surface area contributed by atoms with Gasteiger partial charge in [0.05, 0.1) is 15.7 Å². The van der Waals surface area contributed by atoms with Crippen molar-refractivity contribution in [2.24, 2.45) is 0 Å². The molecule has 0 aliphatic rings. The van der Waals surface area contributed by atoms with Crippen molar-refractivity contribution in [1.82, 2.24) is 0 Å². The molecule has 0 fully saturated rings. The number of rotatable bonds is 6. The Labute approximate surface area is 127 Å². The van der Waals surface area contributed by atoms with Gasteiger partial charge in [-0.3, -0.25) is 0 Å². The van der Waals surface area contributed by atoms with Crippen LogP contribution in [0.25, 0.3) is 0 Å². The summed E-state index contributed by atoms with van der Waals surface area (Å²) in [5, 5.41) is 0. The molecule has 1 heterocycles. The van der Waals surface area contributed by atoms with Gasteiger partial charge in [-0.1, -0.05) is 13.0 Å². The Morgan fingerprint density at radius 2 is 1.48 bits per heavy atom. The molecule has 122 valence electrons. The molecule has 1 unspecified atom stereocenters. The molecular weight excluding hydrogens is 314 g/mol. The Balaban J connectivity index is 0.000000690. The predicted octanol–water partition coefficient (Wildman–Crippen LogP) is 0.404. The summed E-state index contributed by atoms with van der Waals surface area (Å²) in [5.74, 6) is 0. The van der Waals surface area contributed by atoms with Gasteiger partial charge in [0.25, 0.3) is 0 Å². The van der Waals surface area contributed by atoms with Crippen LogP contribution in [-0.2, 0) is 29.9 Å². The van der Waals surface area contributed by atoms with Crippen molar-refractivity contribution in [1.29, 1.82) is 0 Å². The van der Waals surface area contributed by atoms with Gasteiger partial charge in [-0.15, -0.1) is 0 Å². The van der Waals surface area contributed by atoms with Gasteiger partial charge in [-0.25, -0.2) is 13.0 Å². The first kappa shape index (κ1) is 20.2. The van der Waals surface area contributed by atoms with Gasteiger partial charge in [0.15, 0.2) is 18.9 Å². The van der Waals surface area contributed by atoms with E-state index in [9.17, 15) is 0 Å². The SMILES string of the molecule is CO[Si](OC)(OC)C(C)C[n+]1ccccc1.CS(=O)(=O)[O-]. The summed E-state index contributed by atoms with van der Waals surface area (Å²) in [7, 11) is -1.51. The van der Waals surface area contributed by atoms with Gasteiger partial charge in [-0.2, -0.15) is 0 Å². The molecule has 0 spiro atoms. The number of nitrogens with zero attached hydrogens (tertiary/aromatic N) is 1. The number of hydrogen-bond acceptors (Lipinski definition) is 6. The quantitative estimate of drug-likeness (QED) is 0.424. The Bertz CT molecular complexity index is 475. The van der Waals surface area contributed by atoms with E-state index in [1.807, 2.05) is 30.6 Å². The Morgan fingerprint density at radius 1 is 1.10 bits per heavy atom. The average Bonchev–Trinajstić information content (AvgIpc) is 2.40. The summed E-state index contributed by atoms with van der Waals surface area (Å²) in [6.45, 7) is 2.91. The van der Waals surface area contributed by atoms with E-state index < -0.39 is 18.9 Å². The molecule has 0 aromatic carbocycles. The zero-order valence-electron chi connectivity index (χ0n) is 13.0. The lowest BCUT2D eigenvalue weighted by Crippen LogP contribution is -2.51. The number of aromatic nitrogens is 1. The normalized spacial score (nSPS) is 13.2. The summed E-state index contributed by atoms with van der Waals surface area (Å²) in [5.41, 5.74) is 0.208. The van der Waals surface area contributed by atoms with Crippen molar-refractivity contribution < 1.29 is 30.8 Å². The monoisotopic (exact) mass is 337 g/mol. The third-order valence-electron chi connectivity index (χ3n) is 2.72. The molecule has 9 heteroatoms. The van der Waals surface area contributed by atoms with Crippen LogP contribution in [0.1, 0.15) is 6.92 Å². The predicted molar refractivity (Wildman–Crippen MR) is 78.5 cm³/mol. The molecule has 1 aromatic heterocycles. The molecule has 1 atom stereocenters. The van der Waals surface area contributed by atoms with Crippen LogP contribution in [0.3, 0.4) is 0 Å². The summed E-state index contributed by atoms with van der Waals surface area (Å²) < 4.78 is 45.7. The zero-order valence-corrected chi connectivity index (χ0v) is 14.8. The van der Waals surface area contributed by atoms with E-state index in [4.69, 9.17) is 26.2 Å². The first-order valence-corrected chi connectivity index (χ1v) is 9.80. The second-order valence-corrected chi connectivity index (χ2v) is 9.22. The van der Waals surface area contributed by atoms with Crippen molar-refractivity contribution in [3.05, 3.63) is 30.6 Å². The summed E-state index contributed by atoms with van der Waals surface area (Å²) in [6, 6.07) is 6.00. The van der Waals surface area contributed by atoms with Crippen LogP contribution in [0.15, 0.2) is 30.6 Å². The lowest BCUT2D eigenvalue weighted by molar-refractivity contribution is -0.697. The summed E-state index contributed by atoms with van der Waals surface area (Å²) >= 11 is 0. The van der Waals surface area contributed by atoms with Gasteiger partial charge in [0, 0.05) is 39.7 Å². The van der Waals surface area contributed by atoms with Crippen LogP contribution in [0, 0.1) is 0 Å². The van der Waals surface area contributed by atoms with Crippen LogP contribution in [0.4, 0.5) is 0 Å². The lowest BCUT2D eigenvalue weighted by atomic mass is 10.4. The highest BCUT2D eigenvalue weighted by Gasteiger charge is 2.46. The van der Waals surface area contributed by atoms with Crippen molar-refractivity contribution in [3.63, 3.8) is 0 Å². The van der Waals surface area contributed by atoms with E-state index in [0.717, 1.165) is 6.54 Å². The van der Waals surface area contributed by atoms with Crippen LogP contribution in [0.5, 0.6) is 0 Å². The van der Waals surface area contributed by atoms with E-state index in [1.165, 1.54) is 0 Å². The smallest absolute Gasteiger partial charge is 0.509 e. The van der Waals surface area contributed by atoms with Gasteiger partial charge < -0.3 is 17.8 Å². The highest BCUT2D eigenvalue weighted by Crippen LogP contribution is 2.23. The van der Waals surface area contributed by atoms with Crippen molar-refractivity contribution in [3.8, 4) is 0 Å². The molecule has 0 saturated carbocycles. The van der Waals surface area contributed by atoms with Gasteiger partial charge >= 0.3 is 8.80 Å². The molecule has 0 radical (unpaired) electrons. The second-order valence-electron chi connectivity index (χ2n) is 4.39. The molecule has 1 rings (SSSR count). The third-order valence-corrected chi connectivity index (χ3v) is 5.82. The summed E-state index contributed by atoms with van der Waals surface area (Å²) in [6.07, 6.45) is 4.65. The molecule has 21 heavy (non-hydrogen) atoms. The Kier molecular flexibility index (Phi) is 8.86. The van der Waals surface area contributed by atoms with Crippen LogP contribution < -0.4 is 4.57 Å². The Morgan fingerprint density at radius 3 is 1.81 bits per heavy atom. The van der Waals surface area contributed by atoms with Crippen LogP contribution in [-0.4, -0.2) is 49.4 Å². The third kappa shape index (κ3) is 8.24. The maximum absolute atomic E-state index is 9.08. The Hall–Kier alpha value is -0.843. The average molecular weight is 337 g/mol. The molecule has 0 aliphatic carbocycles. The second kappa shape index (κ2) is 9.23. The van der Waals surface area contributed by atoms with E-state index in [2.05, 4.69) is 11.5 Å². The molecule has 1 aromatic rings. The van der Waals surface area contributed by atoms with E-state index in [-0.39, 0.29) is 5.54 Å². The standard InChI is InChI=1S/C11H20NO3Si.CH4O3S/c1-11(16(13-2,14-3)15-4)10-12-8-6-5-7-9-12;1-5(2,3)4/h5-9,11H,10H2,1-4H3;1H3,(H,2,3,4)/q+1;/p-1. The van der Waals surface area contributed by atoms with Crippen molar-refractivity contribution in [2.75, 3.05) is 27.6 Å². The minimum absolute atomic E-state index is 0.208. The van der Waals surface area contributed by atoms with Crippen LogP contribution in [0.2, 0.25) is 5.54 Å². The molecule has 7 nitrogen and oxygen atoms in total. The fourth-order valence-electron chi connectivity index (χ4n) is 1.84. The first-order valence-electron chi connectivity index (χ1n) is 6.19. The minimum Gasteiger partial charge on any atom is -0.748 e. The van der Waals surface area contributed by atoms with Gasteiger partial charge in [-0.05, 0) is 0 Å². The fourth-order valence-corrected chi connectivity index (χ4v) is 3.98. The highest BCUT2D eigenvalue weighted by molar-refractivity contribution is 7.84. The van der Waals surface area contributed by atoms with Crippen molar-refractivity contribution >= 4 is 18.9 Å². The van der Waals surface area contributed by atoms with Crippen LogP contribution >= 0.6 is 0 Å². The van der Waals surface area contributed by atoms with Crippen molar-refractivity contribution in [2.45, 2.75) is 19.0 Å². The molecule has 0 aliphatic heterocycles. The molecule has 0 amide bonds. The minimum atomic E-state index is -3.92. The molecular formula is C12H23NO6SSi. The van der Waals surface area contributed by atoms with E-state index >= 15 is 0 Å². The summed E-state index contributed by atoms with van der Waals surface area (Å²) in [4.78, 5) is 0. The first-order chi connectivity index (χ1) is 9.68. The fraction of sp³-hybridized carbons (Fsp3) is 0.583. The van der Waals surface area contributed by atoms with Gasteiger partial charge in [0.1, 0.15) is 0 Å². The maximum atomic E-state index is 9.08. The van der Waals surface area contributed by atoms with E-state index in [0.29, 0.717) is 6.26 Å².